The van der Waals surface area contributed by atoms with Crippen molar-refractivity contribution in [1.29, 1.82) is 0 Å². The van der Waals surface area contributed by atoms with Crippen molar-refractivity contribution in [3.05, 3.63) is 40.7 Å². The molecule has 3 heteroatoms. The van der Waals surface area contributed by atoms with Crippen LogP contribution in [0.25, 0.3) is 5.57 Å². The van der Waals surface area contributed by atoms with Gasteiger partial charge in [-0.15, -0.1) is 0 Å². The van der Waals surface area contributed by atoms with Crippen LogP contribution in [0.5, 0.6) is 0 Å². The van der Waals surface area contributed by atoms with Gasteiger partial charge in [-0.05, 0) is 30.2 Å². The van der Waals surface area contributed by atoms with E-state index in [1.807, 2.05) is 0 Å². The zero-order valence-corrected chi connectivity index (χ0v) is 8.11. The molecule has 0 aliphatic rings. The van der Waals surface area contributed by atoms with Crippen LogP contribution in [0.3, 0.4) is 0 Å². The zero-order valence-electron chi connectivity index (χ0n) is 7.35. The van der Waals surface area contributed by atoms with Crippen molar-refractivity contribution < 1.29 is 4.39 Å². The van der Waals surface area contributed by atoms with Crippen LogP contribution >= 0.6 is 11.6 Å². The molecule has 0 aromatic heterocycles. The summed E-state index contributed by atoms with van der Waals surface area (Å²) in [5.41, 5.74) is 6.50. The summed E-state index contributed by atoms with van der Waals surface area (Å²) in [4.78, 5) is 0. The fourth-order valence-electron chi connectivity index (χ4n) is 1.03. The standard InChI is InChI=1S/C10H11ClFN/c1-7(10(12)6-13)8-3-2-4-9(11)5-8/h2-5H,6,13H2,1H3. The third-order valence-electron chi connectivity index (χ3n) is 1.84. The second-order valence-corrected chi connectivity index (χ2v) is 3.18. The van der Waals surface area contributed by atoms with Gasteiger partial charge in [-0.2, -0.15) is 0 Å². The topological polar surface area (TPSA) is 26.0 Å². The number of halogens is 2. The Bertz CT molecular complexity index is 333. The number of allylic oxidation sites excluding steroid dienone is 1. The molecular weight excluding hydrogens is 189 g/mol. The second-order valence-electron chi connectivity index (χ2n) is 2.74. The van der Waals surface area contributed by atoms with Gasteiger partial charge in [-0.1, -0.05) is 23.7 Å². The number of benzene rings is 1. The van der Waals surface area contributed by atoms with E-state index in [9.17, 15) is 4.39 Å². The van der Waals surface area contributed by atoms with Crippen molar-refractivity contribution in [1.82, 2.24) is 0 Å². The van der Waals surface area contributed by atoms with Crippen molar-refractivity contribution in [2.45, 2.75) is 6.92 Å². The van der Waals surface area contributed by atoms with Crippen LogP contribution in [0, 0.1) is 0 Å². The van der Waals surface area contributed by atoms with Gasteiger partial charge < -0.3 is 5.73 Å². The molecule has 0 aliphatic carbocycles. The van der Waals surface area contributed by atoms with E-state index < -0.39 is 0 Å². The van der Waals surface area contributed by atoms with E-state index in [1.54, 1.807) is 31.2 Å². The van der Waals surface area contributed by atoms with Gasteiger partial charge in [0.1, 0.15) is 5.83 Å². The van der Waals surface area contributed by atoms with E-state index in [2.05, 4.69) is 0 Å². The summed E-state index contributed by atoms with van der Waals surface area (Å²) >= 11 is 5.76. The van der Waals surface area contributed by atoms with E-state index >= 15 is 0 Å². The van der Waals surface area contributed by atoms with Crippen molar-refractivity contribution in [2.24, 2.45) is 5.73 Å². The van der Waals surface area contributed by atoms with Gasteiger partial charge in [-0.3, -0.25) is 0 Å². The Morgan fingerprint density at radius 3 is 2.77 bits per heavy atom. The van der Waals surface area contributed by atoms with Crippen LogP contribution in [0.15, 0.2) is 30.1 Å². The lowest BCUT2D eigenvalue weighted by Crippen LogP contribution is -2.00. The van der Waals surface area contributed by atoms with Crippen LogP contribution < -0.4 is 5.73 Å². The molecule has 0 aliphatic heterocycles. The van der Waals surface area contributed by atoms with Crippen molar-refractivity contribution in [3.63, 3.8) is 0 Å². The van der Waals surface area contributed by atoms with E-state index in [1.165, 1.54) is 0 Å². The van der Waals surface area contributed by atoms with Crippen molar-refractivity contribution in [3.8, 4) is 0 Å². The molecule has 13 heavy (non-hydrogen) atoms. The highest BCUT2D eigenvalue weighted by atomic mass is 35.5. The minimum Gasteiger partial charge on any atom is -0.325 e. The Balaban J connectivity index is 3.08. The molecular formula is C10H11ClFN. The van der Waals surface area contributed by atoms with E-state index in [0.717, 1.165) is 5.56 Å². The first-order valence-corrected chi connectivity index (χ1v) is 4.34. The Labute approximate surface area is 82.0 Å². The number of hydrogen-bond donors (Lipinski definition) is 1. The van der Waals surface area contributed by atoms with Crippen LogP contribution in [-0.2, 0) is 0 Å². The molecule has 70 valence electrons. The minimum atomic E-state index is -0.303. The summed E-state index contributed by atoms with van der Waals surface area (Å²) in [7, 11) is 0. The highest BCUT2D eigenvalue weighted by molar-refractivity contribution is 6.30. The van der Waals surface area contributed by atoms with Crippen molar-refractivity contribution in [2.75, 3.05) is 6.54 Å². The third kappa shape index (κ3) is 2.54. The molecule has 0 atom stereocenters. The number of hydrogen-bond acceptors (Lipinski definition) is 1. The van der Waals surface area contributed by atoms with Gasteiger partial charge in [0.15, 0.2) is 0 Å². The molecule has 0 bridgehead atoms. The molecule has 1 rings (SSSR count). The maximum atomic E-state index is 13.1. The van der Waals surface area contributed by atoms with Gasteiger partial charge >= 0.3 is 0 Å². The highest BCUT2D eigenvalue weighted by Gasteiger charge is 2.02. The molecule has 0 saturated heterocycles. The summed E-state index contributed by atoms with van der Waals surface area (Å²) in [6.45, 7) is 1.62. The summed E-state index contributed by atoms with van der Waals surface area (Å²) in [5, 5.41) is 0.599. The quantitative estimate of drug-likeness (QED) is 0.779. The smallest absolute Gasteiger partial charge is 0.117 e. The Kier molecular flexibility index (Phi) is 3.46. The average molecular weight is 200 g/mol. The molecule has 0 spiro atoms. The lowest BCUT2D eigenvalue weighted by atomic mass is 10.1. The predicted molar refractivity (Wildman–Crippen MR) is 54.2 cm³/mol. The Morgan fingerprint density at radius 2 is 2.23 bits per heavy atom. The van der Waals surface area contributed by atoms with Crippen LogP contribution in [0.4, 0.5) is 4.39 Å². The predicted octanol–water partition coefficient (Wildman–Crippen LogP) is 3.00. The fraction of sp³-hybridized carbons (Fsp3) is 0.200. The second kappa shape index (κ2) is 4.40. The first-order chi connectivity index (χ1) is 6.15. The normalized spacial score (nSPS) is 12.6. The monoisotopic (exact) mass is 199 g/mol. The fourth-order valence-corrected chi connectivity index (χ4v) is 1.22. The van der Waals surface area contributed by atoms with Crippen LogP contribution in [0.1, 0.15) is 12.5 Å². The van der Waals surface area contributed by atoms with E-state index in [0.29, 0.717) is 10.6 Å². The SMILES string of the molecule is CC(=C(F)CN)c1cccc(Cl)c1. The largest absolute Gasteiger partial charge is 0.325 e. The molecule has 0 heterocycles. The molecule has 0 saturated carbocycles. The first kappa shape index (κ1) is 10.2. The maximum absolute atomic E-state index is 13.1. The number of nitrogens with two attached hydrogens (primary N) is 1. The Morgan fingerprint density at radius 1 is 1.54 bits per heavy atom. The third-order valence-corrected chi connectivity index (χ3v) is 2.08. The van der Waals surface area contributed by atoms with E-state index in [-0.39, 0.29) is 12.4 Å². The maximum Gasteiger partial charge on any atom is 0.117 e. The summed E-state index contributed by atoms with van der Waals surface area (Å²) in [6.07, 6.45) is 0. The molecule has 2 N–H and O–H groups in total. The van der Waals surface area contributed by atoms with Gasteiger partial charge in [0, 0.05) is 11.6 Å². The van der Waals surface area contributed by atoms with Crippen LogP contribution in [0.2, 0.25) is 5.02 Å². The molecule has 0 unspecified atom stereocenters. The molecule has 1 aromatic carbocycles. The van der Waals surface area contributed by atoms with Gasteiger partial charge in [0.05, 0.1) is 0 Å². The first-order valence-electron chi connectivity index (χ1n) is 3.96. The van der Waals surface area contributed by atoms with Gasteiger partial charge in [-0.25, -0.2) is 4.39 Å². The summed E-state index contributed by atoms with van der Waals surface area (Å²) in [6, 6.07) is 7.05. The lowest BCUT2D eigenvalue weighted by Gasteiger charge is -2.03. The lowest BCUT2D eigenvalue weighted by molar-refractivity contribution is 0.621. The molecule has 1 nitrogen and oxygen atoms in total. The van der Waals surface area contributed by atoms with E-state index in [4.69, 9.17) is 17.3 Å². The summed E-state index contributed by atoms with van der Waals surface area (Å²) in [5.74, 6) is -0.303. The molecule has 1 aromatic rings. The Hall–Kier alpha value is -0.860. The average Bonchev–Trinajstić information content (AvgIpc) is 2.15. The highest BCUT2D eigenvalue weighted by Crippen LogP contribution is 2.21. The van der Waals surface area contributed by atoms with Crippen LogP contribution in [-0.4, -0.2) is 6.54 Å². The molecule has 0 fully saturated rings. The minimum absolute atomic E-state index is 0.0711. The van der Waals surface area contributed by atoms with Crippen molar-refractivity contribution >= 4 is 17.2 Å². The number of rotatable bonds is 2. The molecule has 0 radical (unpaired) electrons. The molecule has 0 amide bonds. The summed E-state index contributed by atoms with van der Waals surface area (Å²) < 4.78 is 13.1. The van der Waals surface area contributed by atoms with Gasteiger partial charge in [0.25, 0.3) is 0 Å². The van der Waals surface area contributed by atoms with Gasteiger partial charge in [0.2, 0.25) is 0 Å². The zero-order chi connectivity index (χ0) is 9.84.